The van der Waals surface area contributed by atoms with Gasteiger partial charge in [0, 0.05) is 9.92 Å². The molecule has 0 aliphatic heterocycles. The molecule has 1 rings (SSSR count). The Hall–Kier alpha value is -0.830. The number of thioether (sulfide) groups is 1. The van der Waals surface area contributed by atoms with Crippen molar-refractivity contribution in [3.63, 3.8) is 0 Å². The van der Waals surface area contributed by atoms with Gasteiger partial charge in [-0.2, -0.15) is 4.99 Å². The normalized spacial score (nSPS) is 9.38. The summed E-state index contributed by atoms with van der Waals surface area (Å²) in [6.07, 6.45) is 1.40. The van der Waals surface area contributed by atoms with Gasteiger partial charge in [-0.25, -0.2) is 9.18 Å². The van der Waals surface area contributed by atoms with Gasteiger partial charge in [-0.3, -0.25) is 0 Å². The Morgan fingerprint density at radius 2 is 2.38 bits per heavy atom. The lowest BCUT2D eigenvalue weighted by atomic mass is 10.3. The van der Waals surface area contributed by atoms with Crippen LogP contribution >= 0.6 is 23.4 Å². The Kier molecular flexibility index (Phi) is 3.96. The zero-order chi connectivity index (χ0) is 9.68. The molecule has 0 unspecified atom stereocenters. The summed E-state index contributed by atoms with van der Waals surface area (Å²) < 4.78 is 12.0. The lowest BCUT2D eigenvalue weighted by molar-refractivity contribution is 0.565. The fraction of sp³-hybridized carbons (Fsp3) is 0.125. The number of hydrogen-bond acceptors (Lipinski definition) is 3. The lowest BCUT2D eigenvalue weighted by Crippen LogP contribution is -1.74. The molecule has 0 atom stereocenters. The van der Waals surface area contributed by atoms with Gasteiger partial charge < -0.3 is 0 Å². The van der Waals surface area contributed by atoms with E-state index >= 15 is 0 Å². The summed E-state index contributed by atoms with van der Waals surface area (Å²) in [5.74, 6) is 0. The van der Waals surface area contributed by atoms with Crippen LogP contribution in [0.4, 0.5) is 10.1 Å². The minimum atomic E-state index is -0.582. The molecule has 1 aromatic rings. The quantitative estimate of drug-likeness (QED) is 0.442. The third kappa shape index (κ3) is 2.84. The van der Waals surface area contributed by atoms with E-state index in [9.17, 15) is 9.18 Å². The number of nitrogens with zero attached hydrogens (tertiary/aromatic N) is 1. The second-order valence-corrected chi connectivity index (χ2v) is 3.45. The van der Waals surface area contributed by atoms with E-state index < -0.39 is 6.01 Å². The smallest absolute Gasteiger partial charge is 0.239 e. The first-order chi connectivity index (χ1) is 6.27. The van der Waals surface area contributed by atoms with Crippen molar-refractivity contribution in [3.05, 3.63) is 23.2 Å². The molecule has 0 aromatic heterocycles. The van der Waals surface area contributed by atoms with E-state index in [-0.39, 0.29) is 0 Å². The maximum absolute atomic E-state index is 12.0. The number of rotatable bonds is 3. The summed E-state index contributed by atoms with van der Waals surface area (Å²) in [6.45, 7) is 0. The predicted octanol–water partition coefficient (Wildman–Crippen LogP) is 3.33. The molecule has 5 heteroatoms. The second kappa shape index (κ2) is 5.02. The molecule has 0 N–H and O–H groups in total. The van der Waals surface area contributed by atoms with Gasteiger partial charge in [0.15, 0.2) is 0 Å². The maximum Gasteiger partial charge on any atom is 0.240 e. The van der Waals surface area contributed by atoms with Crippen molar-refractivity contribution in [1.82, 2.24) is 0 Å². The van der Waals surface area contributed by atoms with E-state index in [0.29, 0.717) is 15.6 Å². The van der Waals surface area contributed by atoms with Crippen molar-refractivity contribution in [2.75, 3.05) is 6.01 Å². The van der Waals surface area contributed by atoms with Crippen molar-refractivity contribution < 1.29 is 9.18 Å². The monoisotopic (exact) mass is 217 g/mol. The number of carbonyl (C=O) groups excluding carboxylic acids is 1. The molecule has 0 aliphatic carbocycles. The van der Waals surface area contributed by atoms with Crippen LogP contribution in [0.25, 0.3) is 0 Å². The Bertz CT molecular complexity index is 352. The third-order valence-corrected chi connectivity index (χ3v) is 2.28. The van der Waals surface area contributed by atoms with Crippen LogP contribution in [0.1, 0.15) is 0 Å². The molecule has 0 fully saturated rings. The van der Waals surface area contributed by atoms with Crippen molar-refractivity contribution >= 4 is 35.1 Å². The molecule has 2 nitrogen and oxygen atoms in total. The highest BCUT2D eigenvalue weighted by molar-refractivity contribution is 7.99. The van der Waals surface area contributed by atoms with Crippen molar-refractivity contribution in [2.45, 2.75) is 4.90 Å². The highest BCUT2D eigenvalue weighted by atomic mass is 35.5. The minimum Gasteiger partial charge on any atom is -0.239 e. The molecule has 68 valence electrons. The molecular weight excluding hydrogens is 213 g/mol. The highest BCUT2D eigenvalue weighted by Gasteiger charge is 2.02. The highest BCUT2D eigenvalue weighted by Crippen LogP contribution is 2.31. The third-order valence-electron chi connectivity index (χ3n) is 1.30. The number of alkyl halides is 1. The van der Waals surface area contributed by atoms with Gasteiger partial charge in [-0.1, -0.05) is 23.4 Å². The predicted molar refractivity (Wildman–Crippen MR) is 51.1 cm³/mol. The van der Waals surface area contributed by atoms with Crippen molar-refractivity contribution in [3.8, 4) is 0 Å². The van der Waals surface area contributed by atoms with Crippen LogP contribution < -0.4 is 0 Å². The van der Waals surface area contributed by atoms with Crippen LogP contribution in [0.2, 0.25) is 5.02 Å². The average molecular weight is 218 g/mol. The molecule has 1 aromatic carbocycles. The first-order valence-corrected chi connectivity index (χ1v) is 4.70. The van der Waals surface area contributed by atoms with Gasteiger partial charge in [0.05, 0.1) is 5.69 Å². The second-order valence-electron chi connectivity index (χ2n) is 2.07. The molecule has 0 heterocycles. The number of halogens is 2. The molecular formula is C8H5ClFNOS. The van der Waals surface area contributed by atoms with E-state index in [1.165, 1.54) is 6.08 Å². The van der Waals surface area contributed by atoms with Crippen LogP contribution in [0.5, 0.6) is 0 Å². The number of hydrogen-bond donors (Lipinski definition) is 0. The Balaban J connectivity index is 3.09. The van der Waals surface area contributed by atoms with Crippen LogP contribution in [0.15, 0.2) is 28.1 Å². The molecule has 0 bridgehead atoms. The first kappa shape index (κ1) is 10.3. The number of isocyanates is 1. The molecule has 0 saturated heterocycles. The van der Waals surface area contributed by atoms with E-state index in [2.05, 4.69) is 4.99 Å². The van der Waals surface area contributed by atoms with Crippen LogP contribution in [-0.2, 0) is 4.79 Å². The zero-order valence-corrected chi connectivity index (χ0v) is 8.03. The van der Waals surface area contributed by atoms with Crippen LogP contribution in [0.3, 0.4) is 0 Å². The van der Waals surface area contributed by atoms with Gasteiger partial charge >= 0.3 is 0 Å². The Morgan fingerprint density at radius 1 is 1.62 bits per heavy atom. The number of benzene rings is 1. The fourth-order valence-corrected chi connectivity index (χ4v) is 1.63. The van der Waals surface area contributed by atoms with Gasteiger partial charge in [0.2, 0.25) is 6.08 Å². The minimum absolute atomic E-state index is 0.391. The first-order valence-electron chi connectivity index (χ1n) is 3.34. The largest absolute Gasteiger partial charge is 0.240 e. The van der Waals surface area contributed by atoms with Gasteiger partial charge in [-0.05, 0) is 18.2 Å². The summed E-state index contributed by atoms with van der Waals surface area (Å²) in [5.41, 5.74) is 0.391. The molecule has 13 heavy (non-hydrogen) atoms. The summed E-state index contributed by atoms with van der Waals surface area (Å²) in [5, 5.41) is 0.487. The molecule has 0 aliphatic rings. The lowest BCUT2D eigenvalue weighted by Gasteiger charge is -2.00. The molecule has 0 amide bonds. The fourth-order valence-electron chi connectivity index (χ4n) is 0.804. The average Bonchev–Trinajstić information content (AvgIpc) is 2.10. The standard InChI is InChI=1S/C8H5ClFNOS/c9-6-1-2-7(11-5-12)8(3-6)13-4-10/h1-3H,4H2. The van der Waals surface area contributed by atoms with E-state index in [0.717, 1.165) is 11.8 Å². The SMILES string of the molecule is O=C=Nc1ccc(Cl)cc1SCF. The van der Waals surface area contributed by atoms with E-state index in [1.54, 1.807) is 18.2 Å². The topological polar surface area (TPSA) is 29.4 Å². The van der Waals surface area contributed by atoms with Gasteiger partial charge in [0.25, 0.3) is 0 Å². The van der Waals surface area contributed by atoms with Crippen LogP contribution in [0, 0.1) is 0 Å². The van der Waals surface area contributed by atoms with E-state index in [1.807, 2.05) is 0 Å². The Morgan fingerprint density at radius 3 is 3.00 bits per heavy atom. The summed E-state index contributed by atoms with van der Waals surface area (Å²) in [7, 11) is 0. The number of aliphatic imine (C=N–C) groups is 1. The molecule has 0 saturated carbocycles. The zero-order valence-electron chi connectivity index (χ0n) is 6.46. The maximum atomic E-state index is 12.0. The Labute approximate surface area is 83.8 Å². The van der Waals surface area contributed by atoms with Crippen LogP contribution in [-0.4, -0.2) is 12.1 Å². The van der Waals surface area contributed by atoms with Gasteiger partial charge in [0.1, 0.15) is 6.01 Å². The molecule has 0 spiro atoms. The van der Waals surface area contributed by atoms with Crippen molar-refractivity contribution in [1.29, 1.82) is 0 Å². The summed E-state index contributed by atoms with van der Waals surface area (Å²) >= 11 is 6.61. The van der Waals surface area contributed by atoms with Gasteiger partial charge in [-0.15, -0.1) is 0 Å². The van der Waals surface area contributed by atoms with Crippen molar-refractivity contribution in [2.24, 2.45) is 4.99 Å². The van der Waals surface area contributed by atoms with E-state index in [4.69, 9.17) is 11.6 Å². The summed E-state index contributed by atoms with van der Waals surface area (Å²) in [6, 6.07) is 4.11. The summed E-state index contributed by atoms with van der Waals surface area (Å²) in [4.78, 5) is 13.9. The molecule has 0 radical (unpaired) electrons.